The second-order valence-corrected chi connectivity index (χ2v) is 4.30. The monoisotopic (exact) mass is 306 g/mol. The summed E-state index contributed by atoms with van der Waals surface area (Å²) in [7, 11) is 0. The quantitative estimate of drug-likeness (QED) is 0.131. The van der Waals surface area contributed by atoms with Gasteiger partial charge in [-0.2, -0.15) is 0 Å². The van der Waals surface area contributed by atoms with Gasteiger partial charge in [0.2, 0.25) is 0 Å². The number of rotatable bonds is 9. The Morgan fingerprint density at radius 2 is 1.48 bits per heavy atom. The maximum Gasteiger partial charge on any atom is 0.320 e. The van der Waals surface area contributed by atoms with Crippen molar-refractivity contribution in [1.82, 2.24) is 5.32 Å². The van der Waals surface area contributed by atoms with E-state index < -0.39 is 24.0 Å². The third-order valence-electron chi connectivity index (χ3n) is 2.36. The van der Waals surface area contributed by atoms with Gasteiger partial charge in [-0.15, -0.1) is 0 Å². The number of carboxylic acids is 2. The predicted octanol–water partition coefficient (Wildman–Crippen LogP) is -2.20. The van der Waals surface area contributed by atoms with Crippen LogP contribution in [-0.2, 0) is 9.59 Å². The zero-order chi connectivity index (χ0) is 16.8. The molecule has 12 N–H and O–H groups in total. The Kier molecular flexibility index (Phi) is 13.3. The topological polar surface area (TPSA) is 215 Å². The standard InChI is InChI=1S/C6H14N4O2.C5H12N2O2/c7-4(5(11)12)2-1-3-10-6(8)9;6-3-1-2-4(7)5(8)9/h4H,1-3,7H2,(H,11,12)(H4,8,9,10);4H,1-3,6-7H2,(H,8,9)/t2*4-/m00/s1. The highest BCUT2D eigenvalue weighted by Gasteiger charge is 2.10. The molecular formula is C11H26N6O4. The van der Waals surface area contributed by atoms with Crippen LogP contribution >= 0.6 is 0 Å². The van der Waals surface area contributed by atoms with E-state index >= 15 is 0 Å². The normalized spacial score (nSPS) is 12.5. The van der Waals surface area contributed by atoms with E-state index in [0.717, 1.165) is 0 Å². The van der Waals surface area contributed by atoms with Crippen LogP contribution in [-0.4, -0.2) is 53.3 Å². The van der Waals surface area contributed by atoms with Crippen LogP contribution in [0, 0.1) is 5.41 Å². The summed E-state index contributed by atoms with van der Waals surface area (Å²) in [6, 6.07) is -1.56. The van der Waals surface area contributed by atoms with E-state index in [1.165, 1.54) is 0 Å². The van der Waals surface area contributed by atoms with Crippen molar-refractivity contribution in [3.8, 4) is 0 Å². The van der Waals surface area contributed by atoms with Gasteiger partial charge in [0.05, 0.1) is 0 Å². The molecule has 0 spiro atoms. The molecule has 0 aromatic rings. The summed E-state index contributed by atoms with van der Waals surface area (Å²) in [5, 5.41) is 26.0. The van der Waals surface area contributed by atoms with Gasteiger partial charge < -0.3 is 38.5 Å². The lowest BCUT2D eigenvalue weighted by atomic mass is 10.2. The lowest BCUT2D eigenvalue weighted by Gasteiger charge is -2.06. The van der Waals surface area contributed by atoms with Crippen LogP contribution < -0.4 is 28.3 Å². The Labute approximate surface area is 123 Å². The Hall–Kier alpha value is -1.91. The van der Waals surface area contributed by atoms with Crippen LogP contribution in [0.5, 0.6) is 0 Å². The van der Waals surface area contributed by atoms with Crippen molar-refractivity contribution < 1.29 is 19.8 Å². The van der Waals surface area contributed by atoms with Gasteiger partial charge in [0.15, 0.2) is 5.96 Å². The number of nitrogens with one attached hydrogen (secondary N) is 2. The second kappa shape index (κ2) is 13.1. The number of carboxylic acid groups (broad SMARTS) is 2. The fraction of sp³-hybridized carbons (Fsp3) is 0.727. The van der Waals surface area contributed by atoms with Gasteiger partial charge in [0.1, 0.15) is 12.1 Å². The molecule has 0 heterocycles. The SMILES string of the molecule is N=C(N)NCCC[C@H](N)C(=O)O.NCCC[C@H](N)C(=O)O. The summed E-state index contributed by atoms with van der Waals surface area (Å²) in [6.45, 7) is 0.983. The smallest absolute Gasteiger partial charge is 0.320 e. The number of carbonyl (C=O) groups is 2. The largest absolute Gasteiger partial charge is 0.480 e. The van der Waals surface area contributed by atoms with Crippen LogP contribution in [0.3, 0.4) is 0 Å². The Morgan fingerprint density at radius 1 is 1.05 bits per heavy atom. The molecule has 0 amide bonds. The molecule has 0 aliphatic carbocycles. The minimum Gasteiger partial charge on any atom is -0.480 e. The molecule has 124 valence electrons. The molecule has 0 aromatic carbocycles. The van der Waals surface area contributed by atoms with Crippen LogP contribution in [0.25, 0.3) is 0 Å². The summed E-state index contributed by atoms with van der Waals surface area (Å²) in [5.74, 6) is -2.07. The van der Waals surface area contributed by atoms with Crippen LogP contribution in [0.15, 0.2) is 0 Å². The molecule has 21 heavy (non-hydrogen) atoms. The lowest BCUT2D eigenvalue weighted by Crippen LogP contribution is -2.34. The molecule has 10 nitrogen and oxygen atoms in total. The minimum absolute atomic E-state index is 0.112. The minimum atomic E-state index is -1.00. The molecule has 0 unspecified atom stereocenters. The maximum absolute atomic E-state index is 10.2. The molecular weight excluding hydrogens is 280 g/mol. The molecule has 0 aliphatic rings. The van der Waals surface area contributed by atoms with E-state index in [2.05, 4.69) is 5.32 Å². The van der Waals surface area contributed by atoms with Crippen molar-refractivity contribution >= 4 is 17.9 Å². The third kappa shape index (κ3) is 16.0. The van der Waals surface area contributed by atoms with Crippen molar-refractivity contribution in [1.29, 1.82) is 5.41 Å². The Bertz CT molecular complexity index is 326. The van der Waals surface area contributed by atoms with Crippen molar-refractivity contribution in [3.63, 3.8) is 0 Å². The highest BCUT2D eigenvalue weighted by molar-refractivity contribution is 5.74. The molecule has 2 atom stereocenters. The van der Waals surface area contributed by atoms with Crippen molar-refractivity contribution in [2.75, 3.05) is 13.1 Å². The van der Waals surface area contributed by atoms with Gasteiger partial charge in [-0.3, -0.25) is 15.0 Å². The van der Waals surface area contributed by atoms with E-state index in [4.69, 9.17) is 38.6 Å². The van der Waals surface area contributed by atoms with Crippen LogP contribution in [0.4, 0.5) is 0 Å². The highest BCUT2D eigenvalue weighted by Crippen LogP contribution is 1.92. The summed E-state index contributed by atoms with van der Waals surface area (Å²) in [4.78, 5) is 20.3. The predicted molar refractivity (Wildman–Crippen MR) is 78.7 cm³/mol. The van der Waals surface area contributed by atoms with E-state index in [9.17, 15) is 9.59 Å². The van der Waals surface area contributed by atoms with Gasteiger partial charge in [-0.1, -0.05) is 0 Å². The molecule has 0 aliphatic heterocycles. The van der Waals surface area contributed by atoms with E-state index in [1.54, 1.807) is 0 Å². The molecule has 0 fully saturated rings. The number of aliphatic carboxylic acids is 2. The zero-order valence-electron chi connectivity index (χ0n) is 11.9. The molecule has 0 rings (SSSR count). The fourth-order valence-electron chi connectivity index (χ4n) is 1.13. The third-order valence-corrected chi connectivity index (χ3v) is 2.36. The number of nitrogens with two attached hydrogens (primary N) is 4. The van der Waals surface area contributed by atoms with E-state index in [-0.39, 0.29) is 5.96 Å². The van der Waals surface area contributed by atoms with Crippen LogP contribution in [0.1, 0.15) is 25.7 Å². The summed E-state index contributed by atoms with van der Waals surface area (Å²) in [5.41, 5.74) is 20.5. The zero-order valence-corrected chi connectivity index (χ0v) is 11.9. The summed E-state index contributed by atoms with van der Waals surface area (Å²) >= 11 is 0. The van der Waals surface area contributed by atoms with Gasteiger partial charge in [-0.05, 0) is 32.2 Å². The number of hydrogen-bond acceptors (Lipinski definition) is 6. The fourth-order valence-corrected chi connectivity index (χ4v) is 1.13. The van der Waals surface area contributed by atoms with Gasteiger partial charge in [0, 0.05) is 6.54 Å². The molecule has 0 saturated carbocycles. The molecule has 10 heteroatoms. The summed E-state index contributed by atoms with van der Waals surface area (Å²) in [6.07, 6.45) is 2.11. The summed E-state index contributed by atoms with van der Waals surface area (Å²) < 4.78 is 0. The van der Waals surface area contributed by atoms with Crippen molar-refractivity contribution in [2.24, 2.45) is 22.9 Å². The lowest BCUT2D eigenvalue weighted by molar-refractivity contribution is -0.139. The molecule has 0 aromatic heterocycles. The van der Waals surface area contributed by atoms with Crippen LogP contribution in [0.2, 0.25) is 0 Å². The number of hydrogen-bond donors (Lipinski definition) is 8. The molecule has 0 radical (unpaired) electrons. The average molecular weight is 306 g/mol. The average Bonchev–Trinajstić information content (AvgIpc) is 2.40. The molecule has 0 bridgehead atoms. The Balaban J connectivity index is 0. The maximum atomic E-state index is 10.2. The highest BCUT2D eigenvalue weighted by atomic mass is 16.4. The van der Waals surface area contributed by atoms with Crippen molar-refractivity contribution in [3.05, 3.63) is 0 Å². The first-order chi connectivity index (χ1) is 9.72. The first-order valence-corrected chi connectivity index (χ1v) is 6.47. The van der Waals surface area contributed by atoms with Gasteiger partial charge in [0.25, 0.3) is 0 Å². The van der Waals surface area contributed by atoms with E-state index in [0.29, 0.717) is 38.8 Å². The van der Waals surface area contributed by atoms with Gasteiger partial charge in [-0.25, -0.2) is 0 Å². The van der Waals surface area contributed by atoms with Crippen molar-refractivity contribution in [2.45, 2.75) is 37.8 Å². The number of guanidine groups is 1. The molecule has 0 saturated heterocycles. The van der Waals surface area contributed by atoms with E-state index in [1.807, 2.05) is 0 Å². The second-order valence-electron chi connectivity index (χ2n) is 4.30. The Morgan fingerprint density at radius 3 is 1.81 bits per heavy atom. The first kappa shape index (κ1) is 21.4. The first-order valence-electron chi connectivity index (χ1n) is 6.47. The van der Waals surface area contributed by atoms with Gasteiger partial charge >= 0.3 is 11.9 Å².